The second-order valence-corrected chi connectivity index (χ2v) is 5.54. The molecule has 2 heteroatoms. The van der Waals surface area contributed by atoms with Crippen LogP contribution < -0.4 is 4.74 Å². The monoisotopic (exact) mass is 282 g/mol. The zero-order valence-electron chi connectivity index (χ0n) is 10.1. The molecule has 1 aromatic rings. The quantitative estimate of drug-likeness (QED) is 0.759. The Morgan fingerprint density at radius 1 is 1.06 bits per heavy atom. The minimum Gasteiger partial charge on any atom is -0.490 e. The van der Waals surface area contributed by atoms with Gasteiger partial charge < -0.3 is 4.74 Å². The molecule has 1 saturated carbocycles. The van der Waals surface area contributed by atoms with Gasteiger partial charge in [-0.2, -0.15) is 0 Å². The number of aryl methyl sites for hydroxylation is 2. The molecule has 0 radical (unpaired) electrons. The van der Waals surface area contributed by atoms with Gasteiger partial charge in [-0.25, -0.2) is 0 Å². The van der Waals surface area contributed by atoms with Gasteiger partial charge in [0.1, 0.15) is 5.75 Å². The van der Waals surface area contributed by atoms with E-state index in [9.17, 15) is 0 Å². The molecular formula is C14H19BrO. The molecule has 0 unspecified atom stereocenters. The highest BCUT2D eigenvalue weighted by molar-refractivity contribution is 9.10. The number of rotatable bonds is 2. The largest absolute Gasteiger partial charge is 0.490 e. The smallest absolute Gasteiger partial charge is 0.120 e. The van der Waals surface area contributed by atoms with Gasteiger partial charge in [-0.1, -0.05) is 22.4 Å². The number of halogens is 1. The van der Waals surface area contributed by atoms with Gasteiger partial charge in [0.2, 0.25) is 0 Å². The molecule has 0 aliphatic heterocycles. The highest BCUT2D eigenvalue weighted by atomic mass is 79.9. The lowest BCUT2D eigenvalue weighted by atomic mass is 9.98. The summed E-state index contributed by atoms with van der Waals surface area (Å²) in [6.07, 6.45) is 6.88. The van der Waals surface area contributed by atoms with E-state index in [-0.39, 0.29) is 0 Å². The van der Waals surface area contributed by atoms with Crippen LogP contribution in [0.3, 0.4) is 0 Å². The zero-order chi connectivity index (χ0) is 11.5. The molecule has 0 bridgehead atoms. The van der Waals surface area contributed by atoms with Crippen molar-refractivity contribution in [1.29, 1.82) is 0 Å². The summed E-state index contributed by atoms with van der Waals surface area (Å²) in [7, 11) is 0. The first kappa shape index (κ1) is 12.0. The van der Waals surface area contributed by atoms with Crippen molar-refractivity contribution in [3.63, 3.8) is 0 Å². The molecule has 0 aromatic heterocycles. The Hall–Kier alpha value is -0.500. The van der Waals surface area contributed by atoms with Crippen molar-refractivity contribution in [3.05, 3.63) is 27.7 Å². The maximum atomic E-state index is 6.05. The predicted octanol–water partition coefficient (Wildman–Crippen LogP) is 4.78. The highest BCUT2D eigenvalue weighted by Gasteiger charge is 2.15. The van der Waals surface area contributed by atoms with Crippen LogP contribution in [0.25, 0.3) is 0 Å². The first-order chi connectivity index (χ1) is 7.66. The Bertz CT molecular complexity index is 344. The first-order valence-electron chi connectivity index (χ1n) is 6.10. The van der Waals surface area contributed by atoms with E-state index in [0.29, 0.717) is 6.10 Å². The third-order valence-electron chi connectivity index (χ3n) is 3.26. The summed E-state index contributed by atoms with van der Waals surface area (Å²) in [5.41, 5.74) is 2.51. The van der Waals surface area contributed by atoms with E-state index in [1.54, 1.807) is 0 Å². The number of ether oxygens (including phenoxy) is 1. The zero-order valence-corrected chi connectivity index (χ0v) is 11.6. The van der Waals surface area contributed by atoms with Crippen LogP contribution >= 0.6 is 15.9 Å². The molecule has 0 heterocycles. The molecule has 1 aliphatic carbocycles. The third-order valence-corrected chi connectivity index (χ3v) is 4.52. The lowest BCUT2D eigenvalue weighted by Gasteiger charge is -2.23. The summed E-state index contributed by atoms with van der Waals surface area (Å²) in [6.45, 7) is 4.23. The maximum absolute atomic E-state index is 6.05. The Labute approximate surface area is 106 Å². The van der Waals surface area contributed by atoms with Gasteiger partial charge in [0.25, 0.3) is 0 Å². The van der Waals surface area contributed by atoms with Crippen molar-refractivity contribution in [2.75, 3.05) is 0 Å². The van der Waals surface area contributed by atoms with Crippen LogP contribution in [-0.4, -0.2) is 6.10 Å². The molecule has 16 heavy (non-hydrogen) atoms. The molecular weight excluding hydrogens is 264 g/mol. The Balaban J connectivity index is 2.09. The lowest BCUT2D eigenvalue weighted by molar-refractivity contribution is 0.155. The van der Waals surface area contributed by atoms with Crippen LogP contribution in [0.5, 0.6) is 5.75 Å². The van der Waals surface area contributed by atoms with Gasteiger partial charge in [0.15, 0.2) is 0 Å². The minimum absolute atomic E-state index is 0.439. The second kappa shape index (κ2) is 5.22. The summed E-state index contributed by atoms with van der Waals surface area (Å²) < 4.78 is 7.25. The van der Waals surface area contributed by atoms with Crippen molar-refractivity contribution >= 4 is 15.9 Å². The van der Waals surface area contributed by atoms with Gasteiger partial charge in [-0.05, 0) is 62.8 Å². The van der Waals surface area contributed by atoms with Gasteiger partial charge in [-0.3, -0.25) is 0 Å². The van der Waals surface area contributed by atoms with Crippen LogP contribution in [-0.2, 0) is 0 Å². The van der Waals surface area contributed by atoms with Crippen molar-refractivity contribution in [2.24, 2.45) is 0 Å². The highest BCUT2D eigenvalue weighted by Crippen LogP contribution is 2.29. The summed E-state index contributed by atoms with van der Waals surface area (Å²) in [5.74, 6) is 1.03. The Morgan fingerprint density at radius 2 is 1.62 bits per heavy atom. The van der Waals surface area contributed by atoms with Crippen LogP contribution in [0.2, 0.25) is 0 Å². The number of hydrogen-bond donors (Lipinski definition) is 0. The van der Waals surface area contributed by atoms with Crippen LogP contribution in [0.4, 0.5) is 0 Å². The topological polar surface area (TPSA) is 9.23 Å². The van der Waals surface area contributed by atoms with Crippen molar-refractivity contribution in [2.45, 2.75) is 52.1 Å². The third kappa shape index (κ3) is 2.79. The lowest BCUT2D eigenvalue weighted by Crippen LogP contribution is -2.19. The Kier molecular flexibility index (Phi) is 3.91. The fourth-order valence-electron chi connectivity index (χ4n) is 2.35. The molecule has 0 N–H and O–H groups in total. The van der Waals surface area contributed by atoms with Crippen LogP contribution in [0.15, 0.2) is 16.6 Å². The van der Waals surface area contributed by atoms with E-state index in [0.717, 1.165) is 5.75 Å². The molecule has 1 fully saturated rings. The summed E-state index contributed by atoms with van der Waals surface area (Å²) in [4.78, 5) is 0. The maximum Gasteiger partial charge on any atom is 0.120 e. The number of hydrogen-bond acceptors (Lipinski definition) is 1. The van der Waals surface area contributed by atoms with Gasteiger partial charge in [-0.15, -0.1) is 0 Å². The average molecular weight is 283 g/mol. The summed E-state index contributed by atoms with van der Waals surface area (Å²) in [5, 5.41) is 0. The summed E-state index contributed by atoms with van der Waals surface area (Å²) >= 11 is 3.58. The fourth-order valence-corrected chi connectivity index (χ4v) is 2.58. The summed E-state index contributed by atoms with van der Waals surface area (Å²) in [6, 6.07) is 4.26. The molecule has 0 atom stereocenters. The predicted molar refractivity (Wildman–Crippen MR) is 71.1 cm³/mol. The molecule has 1 aromatic carbocycles. The van der Waals surface area contributed by atoms with Crippen molar-refractivity contribution in [3.8, 4) is 5.75 Å². The van der Waals surface area contributed by atoms with Gasteiger partial charge in [0.05, 0.1) is 6.10 Å². The molecule has 0 amide bonds. The van der Waals surface area contributed by atoms with Crippen LogP contribution in [0.1, 0.15) is 43.2 Å². The van der Waals surface area contributed by atoms with E-state index >= 15 is 0 Å². The van der Waals surface area contributed by atoms with E-state index < -0.39 is 0 Å². The van der Waals surface area contributed by atoms with E-state index in [1.807, 2.05) is 0 Å². The van der Waals surface area contributed by atoms with Crippen molar-refractivity contribution < 1.29 is 4.74 Å². The average Bonchev–Trinajstić information content (AvgIpc) is 2.27. The second-order valence-electron chi connectivity index (χ2n) is 4.75. The molecule has 1 nitrogen and oxygen atoms in total. The molecule has 2 rings (SSSR count). The van der Waals surface area contributed by atoms with E-state index in [1.165, 1.54) is 47.7 Å². The normalized spacial score (nSPS) is 17.4. The van der Waals surface area contributed by atoms with Crippen molar-refractivity contribution in [1.82, 2.24) is 0 Å². The standard InChI is InChI=1S/C14H19BrO/c1-10-8-13(9-11(2)14(10)15)16-12-6-4-3-5-7-12/h8-9,12H,3-7H2,1-2H3. The number of benzene rings is 1. The molecule has 0 saturated heterocycles. The molecule has 88 valence electrons. The molecule has 0 spiro atoms. The minimum atomic E-state index is 0.439. The van der Waals surface area contributed by atoms with Crippen LogP contribution in [0, 0.1) is 13.8 Å². The fraction of sp³-hybridized carbons (Fsp3) is 0.571. The Morgan fingerprint density at radius 3 is 2.19 bits per heavy atom. The van der Waals surface area contributed by atoms with Gasteiger partial charge in [0, 0.05) is 4.47 Å². The van der Waals surface area contributed by atoms with Gasteiger partial charge >= 0.3 is 0 Å². The van der Waals surface area contributed by atoms with E-state index in [4.69, 9.17) is 4.74 Å². The van der Waals surface area contributed by atoms with E-state index in [2.05, 4.69) is 41.9 Å². The SMILES string of the molecule is Cc1cc(OC2CCCCC2)cc(C)c1Br. The first-order valence-corrected chi connectivity index (χ1v) is 6.89. The molecule has 1 aliphatic rings.